The van der Waals surface area contributed by atoms with E-state index in [1.54, 1.807) is 23.2 Å². The molecule has 3 heterocycles. The number of piperazine rings is 1. The van der Waals surface area contributed by atoms with Gasteiger partial charge in [-0.05, 0) is 67.2 Å². The Morgan fingerprint density at radius 3 is 2.59 bits per heavy atom. The van der Waals surface area contributed by atoms with Gasteiger partial charge in [0, 0.05) is 66.8 Å². The SMILES string of the molecule is CN1CCN(CC(=O)N(C)c2ccc(N/C(=C3\C(=O)Nc4cc(Cl)ccc43)c3ccc4ncccc4c3)cc2)CC1. The number of rotatable bonds is 6. The van der Waals surface area contributed by atoms with Crippen molar-refractivity contribution < 1.29 is 9.59 Å². The molecule has 0 spiro atoms. The Morgan fingerprint density at radius 1 is 1.02 bits per heavy atom. The van der Waals surface area contributed by atoms with Crippen LogP contribution in [0.2, 0.25) is 5.02 Å². The first-order valence-electron chi connectivity index (χ1n) is 13.6. The third kappa shape index (κ3) is 5.67. The van der Waals surface area contributed by atoms with E-state index in [-0.39, 0.29) is 11.8 Å². The monoisotopic (exact) mass is 566 g/mol. The molecular formula is C32H31ClN6O2. The second kappa shape index (κ2) is 11.3. The first kappa shape index (κ1) is 27.0. The summed E-state index contributed by atoms with van der Waals surface area (Å²) in [7, 11) is 3.91. The van der Waals surface area contributed by atoms with Gasteiger partial charge in [-0.15, -0.1) is 0 Å². The Morgan fingerprint density at radius 2 is 1.80 bits per heavy atom. The van der Waals surface area contributed by atoms with Gasteiger partial charge in [0.05, 0.1) is 29.0 Å². The van der Waals surface area contributed by atoms with Gasteiger partial charge < -0.3 is 20.4 Å². The molecule has 3 aromatic carbocycles. The third-order valence-electron chi connectivity index (χ3n) is 7.72. The van der Waals surface area contributed by atoms with E-state index in [0.717, 1.165) is 59.6 Å². The fourth-order valence-corrected chi connectivity index (χ4v) is 5.44. The normalized spacial score (nSPS) is 16.8. The van der Waals surface area contributed by atoms with Gasteiger partial charge >= 0.3 is 0 Å². The minimum absolute atomic E-state index is 0.0562. The molecule has 1 fully saturated rings. The van der Waals surface area contributed by atoms with E-state index >= 15 is 0 Å². The molecule has 1 saturated heterocycles. The Balaban J connectivity index is 1.30. The van der Waals surface area contributed by atoms with E-state index in [0.29, 0.717) is 28.5 Å². The summed E-state index contributed by atoms with van der Waals surface area (Å²) < 4.78 is 0. The first-order valence-corrected chi connectivity index (χ1v) is 14.0. The van der Waals surface area contributed by atoms with Crippen molar-refractivity contribution in [3.8, 4) is 0 Å². The van der Waals surface area contributed by atoms with Gasteiger partial charge in [0.15, 0.2) is 0 Å². The average molecular weight is 567 g/mol. The van der Waals surface area contributed by atoms with Crippen LogP contribution in [0.1, 0.15) is 11.1 Å². The molecule has 0 bridgehead atoms. The topological polar surface area (TPSA) is 80.8 Å². The van der Waals surface area contributed by atoms with Crippen LogP contribution >= 0.6 is 11.6 Å². The molecule has 6 rings (SSSR count). The number of carbonyl (C=O) groups is 2. The van der Waals surface area contributed by atoms with Crippen molar-refractivity contribution in [1.29, 1.82) is 0 Å². The maximum absolute atomic E-state index is 13.3. The lowest BCUT2D eigenvalue weighted by Gasteiger charge is -2.32. The zero-order valence-electron chi connectivity index (χ0n) is 23.0. The van der Waals surface area contributed by atoms with E-state index < -0.39 is 0 Å². The molecule has 2 amide bonds. The highest BCUT2D eigenvalue weighted by atomic mass is 35.5. The van der Waals surface area contributed by atoms with Gasteiger partial charge in [-0.25, -0.2) is 0 Å². The highest BCUT2D eigenvalue weighted by molar-refractivity contribution is 6.38. The molecule has 41 heavy (non-hydrogen) atoms. The molecular weight excluding hydrogens is 536 g/mol. The molecule has 1 aromatic heterocycles. The minimum atomic E-state index is -0.207. The third-order valence-corrected chi connectivity index (χ3v) is 7.96. The van der Waals surface area contributed by atoms with Gasteiger partial charge in [-0.1, -0.05) is 29.8 Å². The molecule has 0 radical (unpaired) electrons. The number of benzene rings is 3. The molecule has 208 valence electrons. The fourth-order valence-electron chi connectivity index (χ4n) is 5.26. The van der Waals surface area contributed by atoms with E-state index in [4.69, 9.17) is 11.6 Å². The highest BCUT2D eigenvalue weighted by Crippen LogP contribution is 2.39. The molecule has 0 aliphatic carbocycles. The molecule has 0 saturated carbocycles. The van der Waals surface area contributed by atoms with Crippen molar-refractivity contribution >= 4 is 62.7 Å². The maximum Gasteiger partial charge on any atom is 0.258 e. The van der Waals surface area contributed by atoms with Crippen molar-refractivity contribution in [3.63, 3.8) is 0 Å². The van der Waals surface area contributed by atoms with E-state index in [9.17, 15) is 9.59 Å². The fraction of sp³-hybridized carbons (Fsp3) is 0.219. The Labute approximate surface area is 244 Å². The summed E-state index contributed by atoms with van der Waals surface area (Å²) in [6.07, 6.45) is 1.76. The summed E-state index contributed by atoms with van der Waals surface area (Å²) >= 11 is 6.21. The zero-order chi connectivity index (χ0) is 28.5. The van der Waals surface area contributed by atoms with Crippen LogP contribution in [0.3, 0.4) is 0 Å². The predicted molar refractivity (Wildman–Crippen MR) is 166 cm³/mol. The molecule has 0 unspecified atom stereocenters. The number of fused-ring (bicyclic) bond motifs is 2. The van der Waals surface area contributed by atoms with E-state index in [2.05, 4.69) is 32.5 Å². The van der Waals surface area contributed by atoms with Crippen LogP contribution < -0.4 is 15.5 Å². The number of likely N-dealkylation sites (N-methyl/N-ethyl adjacent to an activating group) is 2. The van der Waals surface area contributed by atoms with Crippen LogP contribution in [0, 0.1) is 0 Å². The molecule has 9 heteroatoms. The number of pyridine rings is 1. The molecule has 0 atom stereocenters. The summed E-state index contributed by atoms with van der Waals surface area (Å²) in [5, 5.41) is 7.97. The minimum Gasteiger partial charge on any atom is -0.354 e. The van der Waals surface area contributed by atoms with Gasteiger partial charge in [-0.2, -0.15) is 0 Å². The number of halogens is 1. The van der Waals surface area contributed by atoms with Crippen LogP contribution in [0.5, 0.6) is 0 Å². The van der Waals surface area contributed by atoms with Crippen LogP contribution in [0.15, 0.2) is 79.0 Å². The number of carbonyl (C=O) groups excluding carboxylic acids is 2. The second-order valence-corrected chi connectivity index (χ2v) is 10.9. The average Bonchev–Trinajstić information content (AvgIpc) is 3.31. The van der Waals surface area contributed by atoms with E-state index in [1.807, 2.05) is 67.7 Å². The number of hydrogen-bond donors (Lipinski definition) is 2. The number of amides is 2. The Bertz CT molecular complexity index is 1660. The molecule has 2 N–H and O–H groups in total. The summed E-state index contributed by atoms with van der Waals surface area (Å²) in [5.74, 6) is -0.150. The number of nitrogens with one attached hydrogen (secondary N) is 2. The molecule has 2 aliphatic heterocycles. The highest BCUT2D eigenvalue weighted by Gasteiger charge is 2.29. The smallest absolute Gasteiger partial charge is 0.258 e. The van der Waals surface area contributed by atoms with Crippen molar-refractivity contribution in [2.45, 2.75) is 0 Å². The van der Waals surface area contributed by atoms with Gasteiger partial charge in [-0.3, -0.25) is 19.5 Å². The van der Waals surface area contributed by atoms with Crippen molar-refractivity contribution in [3.05, 3.63) is 95.1 Å². The summed E-state index contributed by atoms with van der Waals surface area (Å²) in [4.78, 5) is 36.9. The lowest BCUT2D eigenvalue weighted by Crippen LogP contribution is -2.48. The number of anilines is 3. The van der Waals surface area contributed by atoms with Crippen molar-refractivity contribution in [2.75, 3.05) is 62.4 Å². The number of nitrogens with zero attached hydrogens (tertiary/aromatic N) is 4. The lowest BCUT2D eigenvalue weighted by molar-refractivity contribution is -0.119. The number of aromatic nitrogens is 1. The van der Waals surface area contributed by atoms with Crippen molar-refractivity contribution in [1.82, 2.24) is 14.8 Å². The Hall–Kier alpha value is -4.24. The standard InChI is InChI=1S/C32H31ClN6O2/c1-37-14-16-39(17-15-37)20-29(40)38(2)25-9-7-24(8-10-25)35-31(22-5-12-27-21(18-22)4-3-13-34-27)30-26-11-6-23(33)19-28(26)36-32(30)41/h3-13,18-19,35H,14-17,20H2,1-2H3,(H,36,41)/b31-30-. The van der Waals surface area contributed by atoms with E-state index in [1.165, 1.54) is 0 Å². The second-order valence-electron chi connectivity index (χ2n) is 10.5. The predicted octanol–water partition coefficient (Wildman–Crippen LogP) is 5.03. The van der Waals surface area contributed by atoms with Crippen LogP contribution in [-0.4, -0.2) is 73.4 Å². The molecule has 8 nitrogen and oxygen atoms in total. The van der Waals surface area contributed by atoms with Crippen molar-refractivity contribution in [2.24, 2.45) is 0 Å². The summed E-state index contributed by atoms with van der Waals surface area (Å²) in [6, 6.07) is 22.9. The van der Waals surface area contributed by atoms with Gasteiger partial charge in [0.25, 0.3) is 5.91 Å². The van der Waals surface area contributed by atoms with Crippen LogP contribution in [0.4, 0.5) is 17.1 Å². The lowest BCUT2D eigenvalue weighted by atomic mass is 9.99. The van der Waals surface area contributed by atoms with Crippen LogP contribution in [-0.2, 0) is 9.59 Å². The first-order chi connectivity index (χ1) is 19.9. The van der Waals surface area contributed by atoms with Gasteiger partial charge in [0.1, 0.15) is 0 Å². The Kier molecular flexibility index (Phi) is 7.45. The summed E-state index contributed by atoms with van der Waals surface area (Å²) in [6.45, 7) is 4.13. The summed E-state index contributed by atoms with van der Waals surface area (Å²) in [5.41, 5.74) is 5.97. The zero-order valence-corrected chi connectivity index (χ0v) is 23.8. The molecule has 2 aliphatic rings. The number of hydrogen-bond acceptors (Lipinski definition) is 6. The largest absolute Gasteiger partial charge is 0.354 e. The molecule has 4 aromatic rings. The quantitative estimate of drug-likeness (QED) is 0.319. The van der Waals surface area contributed by atoms with Crippen LogP contribution in [0.25, 0.3) is 22.2 Å². The van der Waals surface area contributed by atoms with Gasteiger partial charge in [0.2, 0.25) is 5.91 Å². The maximum atomic E-state index is 13.3.